The first-order valence-electron chi connectivity index (χ1n) is 9.54. The third-order valence-corrected chi connectivity index (χ3v) is 5.98. The Kier molecular flexibility index (Phi) is 7.30. The quantitative estimate of drug-likeness (QED) is 0.264. The molecule has 1 N–H and O–H groups in total. The second kappa shape index (κ2) is 10.5. The molecular formula is C21H14BrClN6O4S. The molecule has 34 heavy (non-hydrogen) atoms. The van der Waals surface area contributed by atoms with Crippen molar-refractivity contribution in [1.29, 1.82) is 0 Å². The molecule has 13 heteroatoms. The number of ether oxygens (including phenoxy) is 1. The second-order valence-electron chi connectivity index (χ2n) is 6.62. The van der Waals surface area contributed by atoms with Crippen molar-refractivity contribution in [3.05, 3.63) is 90.8 Å². The fourth-order valence-electron chi connectivity index (χ4n) is 2.92. The standard InChI is InChI=1S/C21H14BrClN6O4S/c22-14-3-1-13(2-4-14)18-12-34-21(27-26-19(30)11-33-20-10-24-7-8-25-20)28(18)16-6-5-15(23)9-17(16)29(31)32/h1-10,12H,11H2,(H,26,30)/b27-21-. The summed E-state index contributed by atoms with van der Waals surface area (Å²) in [6.45, 7) is -0.339. The van der Waals surface area contributed by atoms with E-state index < -0.39 is 10.8 Å². The molecule has 1 amide bonds. The van der Waals surface area contributed by atoms with Gasteiger partial charge in [-0.15, -0.1) is 16.4 Å². The molecule has 2 heterocycles. The first kappa shape index (κ1) is 23.5. The summed E-state index contributed by atoms with van der Waals surface area (Å²) in [5.41, 5.74) is 3.89. The largest absolute Gasteiger partial charge is 0.466 e. The Labute approximate surface area is 209 Å². The average Bonchev–Trinajstić information content (AvgIpc) is 3.26. The lowest BCUT2D eigenvalue weighted by molar-refractivity contribution is -0.384. The fourth-order valence-corrected chi connectivity index (χ4v) is 4.21. The molecule has 4 rings (SSSR count). The Morgan fingerprint density at radius 1 is 1.26 bits per heavy atom. The number of carbonyl (C=O) groups excluding carboxylic acids is 1. The number of amides is 1. The molecular weight excluding hydrogens is 548 g/mol. The van der Waals surface area contributed by atoms with Gasteiger partial charge < -0.3 is 4.74 Å². The van der Waals surface area contributed by atoms with Crippen molar-refractivity contribution in [2.24, 2.45) is 5.10 Å². The molecule has 0 aliphatic rings. The number of carbonyl (C=O) groups is 1. The number of hydrogen-bond donors (Lipinski definition) is 1. The summed E-state index contributed by atoms with van der Waals surface area (Å²) in [5, 5.41) is 18.0. The molecule has 4 aromatic rings. The molecule has 2 aromatic heterocycles. The Morgan fingerprint density at radius 2 is 2.06 bits per heavy atom. The van der Waals surface area contributed by atoms with Gasteiger partial charge in [0, 0.05) is 33.3 Å². The van der Waals surface area contributed by atoms with E-state index in [1.165, 1.54) is 42.1 Å². The average molecular weight is 562 g/mol. The predicted octanol–water partition coefficient (Wildman–Crippen LogP) is 4.33. The molecule has 2 aromatic carbocycles. The van der Waals surface area contributed by atoms with Gasteiger partial charge in [-0.05, 0) is 29.8 Å². The number of hydrogen-bond acceptors (Lipinski definition) is 8. The van der Waals surface area contributed by atoms with Crippen LogP contribution in [0.15, 0.2) is 76.0 Å². The zero-order valence-corrected chi connectivity index (χ0v) is 20.2. The number of nitro groups is 1. The molecule has 0 bridgehead atoms. The minimum Gasteiger partial charge on any atom is -0.466 e. The molecule has 10 nitrogen and oxygen atoms in total. The van der Waals surface area contributed by atoms with Crippen LogP contribution in [0.4, 0.5) is 5.69 Å². The highest BCUT2D eigenvalue weighted by atomic mass is 79.9. The zero-order valence-electron chi connectivity index (χ0n) is 17.1. The molecule has 0 unspecified atom stereocenters. The number of nitrogens with zero attached hydrogens (tertiary/aromatic N) is 5. The number of rotatable bonds is 7. The van der Waals surface area contributed by atoms with Crippen molar-refractivity contribution in [3.63, 3.8) is 0 Å². The van der Waals surface area contributed by atoms with Gasteiger partial charge >= 0.3 is 0 Å². The van der Waals surface area contributed by atoms with E-state index in [0.29, 0.717) is 10.5 Å². The van der Waals surface area contributed by atoms with Crippen LogP contribution in [-0.4, -0.2) is 32.0 Å². The van der Waals surface area contributed by atoms with E-state index >= 15 is 0 Å². The van der Waals surface area contributed by atoms with Crippen molar-refractivity contribution in [2.45, 2.75) is 0 Å². The molecule has 0 atom stereocenters. The lowest BCUT2D eigenvalue weighted by atomic mass is 10.1. The van der Waals surface area contributed by atoms with Gasteiger partial charge in [-0.25, -0.2) is 10.4 Å². The maximum absolute atomic E-state index is 12.3. The van der Waals surface area contributed by atoms with Crippen molar-refractivity contribution >= 4 is 50.5 Å². The van der Waals surface area contributed by atoms with Gasteiger partial charge in [0.2, 0.25) is 10.7 Å². The molecule has 0 radical (unpaired) electrons. The normalized spacial score (nSPS) is 11.3. The SMILES string of the molecule is O=C(COc1cnccn1)N/N=c1\scc(-c2ccc(Br)cc2)n1-c1ccc(Cl)cc1[N+](=O)[O-]. The summed E-state index contributed by atoms with van der Waals surface area (Å²) in [6, 6.07) is 11.8. The van der Waals surface area contributed by atoms with E-state index in [-0.39, 0.29) is 28.9 Å². The minimum absolute atomic E-state index is 0.193. The summed E-state index contributed by atoms with van der Waals surface area (Å²) in [6.07, 6.45) is 4.30. The first-order valence-corrected chi connectivity index (χ1v) is 11.6. The fraction of sp³-hybridized carbons (Fsp3) is 0.0476. The molecule has 0 aliphatic heterocycles. The van der Waals surface area contributed by atoms with Crippen LogP contribution < -0.4 is 15.0 Å². The number of halogens is 2. The summed E-state index contributed by atoms with van der Waals surface area (Å²) in [5.74, 6) is -0.348. The Morgan fingerprint density at radius 3 is 2.76 bits per heavy atom. The van der Waals surface area contributed by atoms with E-state index in [1.54, 1.807) is 16.0 Å². The number of benzene rings is 2. The van der Waals surface area contributed by atoms with Gasteiger partial charge in [0.05, 0.1) is 16.8 Å². The minimum atomic E-state index is -0.540. The Bertz CT molecular complexity index is 1410. The molecule has 0 saturated heterocycles. The lowest BCUT2D eigenvalue weighted by Crippen LogP contribution is -2.28. The van der Waals surface area contributed by atoms with Crippen LogP contribution in [0.25, 0.3) is 16.9 Å². The Balaban J connectivity index is 1.73. The topological polar surface area (TPSA) is 125 Å². The third kappa shape index (κ3) is 5.47. The molecule has 0 fully saturated rings. The lowest BCUT2D eigenvalue weighted by Gasteiger charge is -2.10. The van der Waals surface area contributed by atoms with Gasteiger partial charge in [-0.3, -0.25) is 24.5 Å². The number of nitrogens with one attached hydrogen (secondary N) is 1. The molecule has 0 saturated carbocycles. The smallest absolute Gasteiger partial charge is 0.294 e. The van der Waals surface area contributed by atoms with Crippen LogP contribution in [0.1, 0.15) is 0 Å². The number of nitro benzene ring substituents is 1. The second-order valence-corrected chi connectivity index (χ2v) is 8.80. The van der Waals surface area contributed by atoms with E-state index in [4.69, 9.17) is 16.3 Å². The third-order valence-electron chi connectivity index (χ3n) is 4.39. The Hall–Kier alpha value is -3.61. The highest BCUT2D eigenvalue weighted by Gasteiger charge is 2.20. The summed E-state index contributed by atoms with van der Waals surface area (Å²) >= 11 is 10.6. The van der Waals surface area contributed by atoms with E-state index in [9.17, 15) is 14.9 Å². The van der Waals surface area contributed by atoms with Gasteiger partial charge in [0.15, 0.2) is 6.61 Å². The van der Waals surface area contributed by atoms with Crippen molar-refractivity contribution in [3.8, 4) is 22.8 Å². The van der Waals surface area contributed by atoms with Crippen molar-refractivity contribution in [1.82, 2.24) is 20.0 Å². The van der Waals surface area contributed by atoms with Gasteiger partial charge in [0.1, 0.15) is 5.69 Å². The molecule has 0 aliphatic carbocycles. The van der Waals surface area contributed by atoms with Gasteiger partial charge in [-0.1, -0.05) is 39.7 Å². The summed E-state index contributed by atoms with van der Waals surface area (Å²) in [7, 11) is 0. The van der Waals surface area contributed by atoms with Crippen molar-refractivity contribution in [2.75, 3.05) is 6.61 Å². The van der Waals surface area contributed by atoms with Gasteiger partial charge in [-0.2, -0.15) is 0 Å². The van der Waals surface area contributed by atoms with Gasteiger partial charge in [0.25, 0.3) is 11.6 Å². The molecule has 0 spiro atoms. The highest BCUT2D eigenvalue weighted by Crippen LogP contribution is 2.31. The van der Waals surface area contributed by atoms with Crippen LogP contribution in [0.3, 0.4) is 0 Å². The number of aromatic nitrogens is 3. The van der Waals surface area contributed by atoms with E-state index in [2.05, 4.69) is 36.4 Å². The van der Waals surface area contributed by atoms with E-state index in [0.717, 1.165) is 10.0 Å². The van der Waals surface area contributed by atoms with Crippen molar-refractivity contribution < 1.29 is 14.5 Å². The maximum atomic E-state index is 12.3. The zero-order chi connectivity index (χ0) is 24.1. The summed E-state index contributed by atoms with van der Waals surface area (Å²) < 4.78 is 7.74. The summed E-state index contributed by atoms with van der Waals surface area (Å²) in [4.78, 5) is 31.6. The van der Waals surface area contributed by atoms with Crippen LogP contribution in [0, 0.1) is 10.1 Å². The monoisotopic (exact) mass is 560 g/mol. The van der Waals surface area contributed by atoms with Crippen LogP contribution in [-0.2, 0) is 4.79 Å². The van der Waals surface area contributed by atoms with Crippen LogP contribution in [0.2, 0.25) is 5.02 Å². The van der Waals surface area contributed by atoms with E-state index in [1.807, 2.05) is 24.3 Å². The first-order chi connectivity index (χ1) is 16.4. The predicted molar refractivity (Wildman–Crippen MR) is 130 cm³/mol. The van der Waals surface area contributed by atoms with Crippen LogP contribution in [0.5, 0.6) is 5.88 Å². The van der Waals surface area contributed by atoms with Crippen LogP contribution >= 0.6 is 38.9 Å². The number of thiazole rings is 1. The maximum Gasteiger partial charge on any atom is 0.294 e. The highest BCUT2D eigenvalue weighted by molar-refractivity contribution is 9.10. The molecule has 172 valence electrons.